The highest BCUT2D eigenvalue weighted by Crippen LogP contribution is 2.13. The molecule has 2 saturated heterocycles. The smallest absolute Gasteiger partial charge is 0.234 e. The summed E-state index contributed by atoms with van der Waals surface area (Å²) in [5.41, 5.74) is 5.94. The summed E-state index contributed by atoms with van der Waals surface area (Å²) in [6.45, 7) is 5.91. The minimum atomic E-state index is 0.123. The highest BCUT2D eigenvalue weighted by atomic mass is 16.5. The van der Waals surface area contributed by atoms with Crippen molar-refractivity contribution in [3.05, 3.63) is 0 Å². The normalized spacial score (nSPS) is 31.6. The molecule has 5 heteroatoms. The molecule has 0 aliphatic carbocycles. The molecule has 3 N–H and O–H groups in total. The minimum absolute atomic E-state index is 0.123. The van der Waals surface area contributed by atoms with Crippen LogP contribution in [0.3, 0.4) is 0 Å². The molecule has 0 aromatic heterocycles. The number of nitrogens with zero attached hydrogens (tertiary/aromatic N) is 1. The molecule has 0 bridgehead atoms. The van der Waals surface area contributed by atoms with Gasteiger partial charge in [0.1, 0.15) is 0 Å². The molecule has 5 nitrogen and oxygen atoms in total. The standard InChI is InChI=1S/C12H23N3O2/c1-9-6-15(7-11(9)13)8-12(16)14-10-2-4-17-5-3-10/h9-11H,2-8,13H2,1H3,(H,14,16). The first-order valence-corrected chi connectivity index (χ1v) is 6.50. The van der Waals surface area contributed by atoms with Crippen molar-refractivity contribution < 1.29 is 9.53 Å². The van der Waals surface area contributed by atoms with Crippen LogP contribution in [-0.4, -0.2) is 55.7 Å². The molecular formula is C12H23N3O2. The molecule has 2 unspecified atom stereocenters. The van der Waals surface area contributed by atoms with E-state index in [1.165, 1.54) is 0 Å². The van der Waals surface area contributed by atoms with Crippen LogP contribution < -0.4 is 11.1 Å². The number of hydrogen-bond acceptors (Lipinski definition) is 4. The van der Waals surface area contributed by atoms with E-state index in [2.05, 4.69) is 17.1 Å². The number of carbonyl (C=O) groups is 1. The van der Waals surface area contributed by atoms with Crippen LogP contribution in [-0.2, 0) is 9.53 Å². The van der Waals surface area contributed by atoms with Crippen molar-refractivity contribution in [2.24, 2.45) is 11.7 Å². The summed E-state index contributed by atoms with van der Waals surface area (Å²) in [5, 5.41) is 3.07. The zero-order valence-corrected chi connectivity index (χ0v) is 10.5. The number of carbonyl (C=O) groups excluding carboxylic acids is 1. The summed E-state index contributed by atoms with van der Waals surface area (Å²) in [5.74, 6) is 0.615. The Hall–Kier alpha value is -0.650. The van der Waals surface area contributed by atoms with E-state index < -0.39 is 0 Å². The lowest BCUT2D eigenvalue weighted by atomic mass is 10.1. The van der Waals surface area contributed by atoms with Crippen LogP contribution in [0.2, 0.25) is 0 Å². The predicted octanol–water partition coefficient (Wildman–Crippen LogP) is -0.439. The zero-order valence-electron chi connectivity index (χ0n) is 10.5. The van der Waals surface area contributed by atoms with E-state index in [-0.39, 0.29) is 11.9 Å². The van der Waals surface area contributed by atoms with Crippen molar-refractivity contribution >= 4 is 5.91 Å². The van der Waals surface area contributed by atoms with Crippen LogP contribution in [0.4, 0.5) is 0 Å². The molecule has 0 radical (unpaired) electrons. The van der Waals surface area contributed by atoms with E-state index in [0.29, 0.717) is 18.5 Å². The summed E-state index contributed by atoms with van der Waals surface area (Å²) in [7, 11) is 0. The Kier molecular flexibility index (Phi) is 4.36. The fourth-order valence-electron chi connectivity index (χ4n) is 2.54. The summed E-state index contributed by atoms with van der Waals surface area (Å²) in [4.78, 5) is 14.0. The molecule has 1 amide bonds. The number of rotatable bonds is 3. The van der Waals surface area contributed by atoms with Crippen LogP contribution in [0.15, 0.2) is 0 Å². The lowest BCUT2D eigenvalue weighted by molar-refractivity contribution is -0.123. The van der Waals surface area contributed by atoms with E-state index in [0.717, 1.165) is 39.1 Å². The Morgan fingerprint density at radius 1 is 1.41 bits per heavy atom. The molecule has 2 aliphatic rings. The van der Waals surface area contributed by atoms with Crippen molar-refractivity contribution in [3.8, 4) is 0 Å². The Morgan fingerprint density at radius 2 is 2.12 bits per heavy atom. The van der Waals surface area contributed by atoms with Gasteiger partial charge in [-0.05, 0) is 18.8 Å². The second-order valence-electron chi connectivity index (χ2n) is 5.29. The van der Waals surface area contributed by atoms with Gasteiger partial charge in [-0.1, -0.05) is 6.92 Å². The Bertz CT molecular complexity index is 256. The van der Waals surface area contributed by atoms with E-state index in [9.17, 15) is 4.79 Å². The SMILES string of the molecule is CC1CN(CC(=O)NC2CCOCC2)CC1N. The fourth-order valence-corrected chi connectivity index (χ4v) is 2.54. The van der Waals surface area contributed by atoms with Gasteiger partial charge in [-0.2, -0.15) is 0 Å². The first kappa shape index (κ1) is 12.8. The predicted molar refractivity (Wildman–Crippen MR) is 65.6 cm³/mol. The van der Waals surface area contributed by atoms with Gasteiger partial charge >= 0.3 is 0 Å². The first-order chi connectivity index (χ1) is 8.15. The third-order valence-corrected chi connectivity index (χ3v) is 3.70. The number of likely N-dealkylation sites (tertiary alicyclic amines) is 1. The van der Waals surface area contributed by atoms with Crippen LogP contribution in [0.1, 0.15) is 19.8 Å². The van der Waals surface area contributed by atoms with Crippen molar-refractivity contribution in [3.63, 3.8) is 0 Å². The van der Waals surface area contributed by atoms with E-state index >= 15 is 0 Å². The maximum atomic E-state index is 11.8. The van der Waals surface area contributed by atoms with Crippen LogP contribution in [0.25, 0.3) is 0 Å². The maximum absolute atomic E-state index is 11.8. The van der Waals surface area contributed by atoms with Gasteiger partial charge in [0, 0.05) is 38.4 Å². The number of amides is 1. The molecule has 0 saturated carbocycles. The van der Waals surface area contributed by atoms with Gasteiger partial charge in [0.15, 0.2) is 0 Å². The Balaban J connectivity index is 1.70. The van der Waals surface area contributed by atoms with Crippen molar-refractivity contribution in [2.45, 2.75) is 31.8 Å². The fraction of sp³-hybridized carbons (Fsp3) is 0.917. The second-order valence-corrected chi connectivity index (χ2v) is 5.29. The lowest BCUT2D eigenvalue weighted by Crippen LogP contribution is -2.44. The Morgan fingerprint density at radius 3 is 2.71 bits per heavy atom. The third-order valence-electron chi connectivity index (χ3n) is 3.70. The summed E-state index contributed by atoms with van der Waals surface area (Å²) in [6.07, 6.45) is 1.86. The number of nitrogens with one attached hydrogen (secondary N) is 1. The monoisotopic (exact) mass is 241 g/mol. The molecule has 2 rings (SSSR count). The average molecular weight is 241 g/mol. The molecule has 2 atom stereocenters. The molecule has 98 valence electrons. The van der Waals surface area contributed by atoms with Crippen molar-refractivity contribution in [1.29, 1.82) is 0 Å². The number of nitrogens with two attached hydrogens (primary N) is 1. The van der Waals surface area contributed by atoms with E-state index in [1.54, 1.807) is 0 Å². The van der Waals surface area contributed by atoms with Crippen LogP contribution in [0, 0.1) is 5.92 Å². The first-order valence-electron chi connectivity index (χ1n) is 6.50. The van der Waals surface area contributed by atoms with E-state index in [4.69, 9.17) is 10.5 Å². The molecule has 2 aliphatic heterocycles. The van der Waals surface area contributed by atoms with Crippen LogP contribution >= 0.6 is 0 Å². The quantitative estimate of drug-likeness (QED) is 0.703. The van der Waals surface area contributed by atoms with Gasteiger partial charge < -0.3 is 15.8 Å². The topological polar surface area (TPSA) is 67.6 Å². The largest absolute Gasteiger partial charge is 0.381 e. The number of ether oxygens (including phenoxy) is 1. The molecule has 2 fully saturated rings. The summed E-state index contributed by atoms with van der Waals surface area (Å²) >= 11 is 0. The van der Waals surface area contributed by atoms with Crippen molar-refractivity contribution in [1.82, 2.24) is 10.2 Å². The third kappa shape index (κ3) is 3.66. The highest BCUT2D eigenvalue weighted by Gasteiger charge is 2.28. The molecule has 0 aromatic rings. The van der Waals surface area contributed by atoms with Gasteiger partial charge in [0.25, 0.3) is 0 Å². The summed E-state index contributed by atoms with van der Waals surface area (Å²) < 4.78 is 5.26. The highest BCUT2D eigenvalue weighted by molar-refractivity contribution is 5.78. The molecule has 0 spiro atoms. The minimum Gasteiger partial charge on any atom is -0.381 e. The molecule has 0 aromatic carbocycles. The average Bonchev–Trinajstić information content (AvgIpc) is 2.59. The number of hydrogen-bond donors (Lipinski definition) is 2. The van der Waals surface area contributed by atoms with Gasteiger partial charge in [-0.25, -0.2) is 0 Å². The molecular weight excluding hydrogens is 218 g/mol. The maximum Gasteiger partial charge on any atom is 0.234 e. The summed E-state index contributed by atoms with van der Waals surface area (Å²) in [6, 6.07) is 0.510. The van der Waals surface area contributed by atoms with Gasteiger partial charge in [0.2, 0.25) is 5.91 Å². The van der Waals surface area contributed by atoms with Crippen LogP contribution in [0.5, 0.6) is 0 Å². The van der Waals surface area contributed by atoms with Gasteiger partial charge in [0.05, 0.1) is 6.54 Å². The van der Waals surface area contributed by atoms with Gasteiger partial charge in [-0.15, -0.1) is 0 Å². The molecule has 2 heterocycles. The Labute approximate surface area is 103 Å². The van der Waals surface area contributed by atoms with Gasteiger partial charge in [-0.3, -0.25) is 9.69 Å². The second kappa shape index (κ2) is 5.80. The molecule has 17 heavy (non-hydrogen) atoms. The van der Waals surface area contributed by atoms with Crippen molar-refractivity contribution in [2.75, 3.05) is 32.8 Å². The zero-order chi connectivity index (χ0) is 12.3. The van der Waals surface area contributed by atoms with E-state index in [1.807, 2.05) is 0 Å². The lowest BCUT2D eigenvalue weighted by Gasteiger charge is -2.24.